The molecule has 2 aromatic rings. The van der Waals surface area contributed by atoms with Gasteiger partial charge in [0.2, 0.25) is 0 Å². The smallest absolute Gasteiger partial charge is 0.255 e. The third-order valence-corrected chi connectivity index (χ3v) is 4.41. The van der Waals surface area contributed by atoms with Crippen LogP contribution in [0.4, 0.5) is 0 Å². The number of piperidine rings is 1. The maximum atomic E-state index is 10.8. The highest BCUT2D eigenvalue weighted by molar-refractivity contribution is 5.75. The van der Waals surface area contributed by atoms with Gasteiger partial charge in [0.15, 0.2) is 6.61 Å². The van der Waals surface area contributed by atoms with Crippen LogP contribution in [-0.4, -0.2) is 40.1 Å². The number of rotatable bonds is 6. The summed E-state index contributed by atoms with van der Waals surface area (Å²) < 4.78 is 7.50. The van der Waals surface area contributed by atoms with Gasteiger partial charge in [-0.2, -0.15) is 0 Å². The van der Waals surface area contributed by atoms with Crippen LogP contribution < -0.4 is 10.5 Å². The Morgan fingerprint density at radius 2 is 2.33 bits per heavy atom. The van der Waals surface area contributed by atoms with Crippen LogP contribution in [0, 0.1) is 0 Å². The molecule has 128 valence electrons. The Morgan fingerprint density at radius 3 is 3.08 bits per heavy atom. The molecule has 1 aromatic carbocycles. The lowest BCUT2D eigenvalue weighted by atomic mass is 9.96. The average molecular weight is 328 g/mol. The van der Waals surface area contributed by atoms with Crippen molar-refractivity contribution in [3.05, 3.63) is 48.0 Å². The molecule has 2 N–H and O–H groups in total. The van der Waals surface area contributed by atoms with Gasteiger partial charge in [-0.3, -0.25) is 9.69 Å². The van der Waals surface area contributed by atoms with Crippen LogP contribution in [0.1, 0.15) is 30.1 Å². The van der Waals surface area contributed by atoms with Crippen LogP contribution in [0.3, 0.4) is 0 Å². The number of imidazole rings is 1. The minimum Gasteiger partial charge on any atom is -0.484 e. The highest BCUT2D eigenvalue weighted by atomic mass is 16.5. The predicted molar refractivity (Wildman–Crippen MR) is 91.6 cm³/mol. The fourth-order valence-corrected chi connectivity index (χ4v) is 3.33. The van der Waals surface area contributed by atoms with Crippen LogP contribution in [0.25, 0.3) is 0 Å². The fraction of sp³-hybridized carbons (Fsp3) is 0.444. The molecule has 0 aliphatic carbocycles. The number of carbonyl (C=O) groups excluding carboxylic acids is 1. The molecular formula is C18H24N4O2. The summed E-state index contributed by atoms with van der Waals surface area (Å²) in [5.74, 6) is 1.87. The maximum absolute atomic E-state index is 10.8. The normalized spacial score (nSPS) is 18.5. The molecule has 1 aromatic heterocycles. The number of aryl methyl sites for hydroxylation is 1. The summed E-state index contributed by atoms with van der Waals surface area (Å²) in [5, 5.41) is 0. The van der Waals surface area contributed by atoms with Crippen molar-refractivity contribution in [2.45, 2.75) is 25.3 Å². The summed E-state index contributed by atoms with van der Waals surface area (Å²) in [5.41, 5.74) is 6.30. The van der Waals surface area contributed by atoms with Gasteiger partial charge >= 0.3 is 0 Å². The Bertz CT molecular complexity index is 698. The number of hydrogen-bond acceptors (Lipinski definition) is 4. The van der Waals surface area contributed by atoms with E-state index in [0.29, 0.717) is 11.7 Å². The lowest BCUT2D eigenvalue weighted by Crippen LogP contribution is -2.34. The van der Waals surface area contributed by atoms with Crippen molar-refractivity contribution >= 4 is 5.91 Å². The van der Waals surface area contributed by atoms with Gasteiger partial charge in [0.05, 0.1) is 0 Å². The first-order chi connectivity index (χ1) is 11.6. The Hall–Kier alpha value is -2.34. The van der Waals surface area contributed by atoms with Gasteiger partial charge in [-0.1, -0.05) is 12.1 Å². The van der Waals surface area contributed by atoms with Gasteiger partial charge in [0.1, 0.15) is 11.6 Å². The van der Waals surface area contributed by atoms with Gasteiger partial charge in [-0.15, -0.1) is 0 Å². The number of hydrogen-bond donors (Lipinski definition) is 1. The van der Waals surface area contributed by atoms with Gasteiger partial charge in [0, 0.05) is 38.4 Å². The van der Waals surface area contributed by atoms with E-state index in [1.54, 1.807) is 0 Å². The predicted octanol–water partition coefficient (Wildman–Crippen LogP) is 1.66. The fourth-order valence-electron chi connectivity index (χ4n) is 3.33. The van der Waals surface area contributed by atoms with E-state index >= 15 is 0 Å². The molecule has 0 saturated carbocycles. The van der Waals surface area contributed by atoms with Crippen molar-refractivity contribution in [3.63, 3.8) is 0 Å². The minimum absolute atomic E-state index is 0.0889. The number of ether oxygens (including phenoxy) is 1. The molecule has 3 rings (SSSR count). The molecular weight excluding hydrogens is 304 g/mol. The van der Waals surface area contributed by atoms with E-state index < -0.39 is 5.91 Å². The molecule has 1 fully saturated rings. The van der Waals surface area contributed by atoms with Crippen molar-refractivity contribution in [1.82, 2.24) is 14.5 Å². The molecule has 6 nitrogen and oxygen atoms in total. The van der Waals surface area contributed by atoms with Gasteiger partial charge < -0.3 is 15.0 Å². The molecule has 1 atom stereocenters. The quantitative estimate of drug-likeness (QED) is 0.875. The lowest BCUT2D eigenvalue weighted by molar-refractivity contribution is -0.119. The van der Waals surface area contributed by atoms with Gasteiger partial charge in [-0.25, -0.2) is 4.98 Å². The van der Waals surface area contributed by atoms with Crippen molar-refractivity contribution in [2.24, 2.45) is 12.8 Å². The van der Waals surface area contributed by atoms with Crippen LogP contribution >= 0.6 is 0 Å². The largest absolute Gasteiger partial charge is 0.484 e. The van der Waals surface area contributed by atoms with Crippen LogP contribution in [0.5, 0.6) is 5.75 Å². The molecule has 0 radical (unpaired) electrons. The van der Waals surface area contributed by atoms with E-state index in [0.717, 1.165) is 19.6 Å². The monoisotopic (exact) mass is 328 g/mol. The van der Waals surface area contributed by atoms with E-state index in [1.807, 2.05) is 30.6 Å². The van der Waals surface area contributed by atoms with Crippen LogP contribution in [0.2, 0.25) is 0 Å². The summed E-state index contributed by atoms with van der Waals surface area (Å²) in [7, 11) is 2.06. The summed E-state index contributed by atoms with van der Waals surface area (Å²) in [6.45, 7) is 2.88. The first-order valence-electron chi connectivity index (χ1n) is 8.31. The average Bonchev–Trinajstić information content (AvgIpc) is 3.00. The van der Waals surface area contributed by atoms with E-state index in [4.69, 9.17) is 10.5 Å². The zero-order valence-corrected chi connectivity index (χ0v) is 14.0. The van der Waals surface area contributed by atoms with Gasteiger partial charge in [0.25, 0.3) is 5.91 Å². The molecule has 24 heavy (non-hydrogen) atoms. The maximum Gasteiger partial charge on any atom is 0.255 e. The molecule has 1 saturated heterocycles. The first kappa shape index (κ1) is 16.5. The zero-order valence-electron chi connectivity index (χ0n) is 14.0. The zero-order chi connectivity index (χ0) is 16.9. The third kappa shape index (κ3) is 4.14. The molecule has 0 spiro atoms. The second kappa shape index (κ2) is 7.49. The number of nitrogens with zero attached hydrogens (tertiary/aromatic N) is 3. The molecule has 0 bridgehead atoms. The van der Waals surface area contributed by atoms with Crippen molar-refractivity contribution < 1.29 is 9.53 Å². The van der Waals surface area contributed by atoms with Crippen LogP contribution in [0.15, 0.2) is 36.7 Å². The SMILES string of the molecule is Cn1ccnc1C1CCCN(Cc2cccc(OCC(N)=O)c2)C1. The van der Waals surface area contributed by atoms with Crippen molar-refractivity contribution in [3.8, 4) is 5.75 Å². The van der Waals surface area contributed by atoms with E-state index in [-0.39, 0.29) is 6.61 Å². The molecule has 6 heteroatoms. The molecule has 1 amide bonds. The molecule has 2 heterocycles. The Balaban J connectivity index is 1.62. The molecule has 1 aliphatic rings. The number of aromatic nitrogens is 2. The number of primary amides is 1. The highest BCUT2D eigenvalue weighted by Crippen LogP contribution is 2.26. The minimum atomic E-state index is -0.464. The number of likely N-dealkylation sites (tertiary alicyclic amines) is 1. The topological polar surface area (TPSA) is 73.4 Å². The van der Waals surface area contributed by atoms with E-state index in [1.165, 1.54) is 24.2 Å². The number of benzene rings is 1. The second-order valence-corrected chi connectivity index (χ2v) is 6.37. The van der Waals surface area contributed by atoms with Crippen molar-refractivity contribution in [2.75, 3.05) is 19.7 Å². The second-order valence-electron chi connectivity index (χ2n) is 6.37. The standard InChI is InChI=1S/C18H24N4O2/c1-21-9-7-20-18(21)15-5-3-8-22(12-15)11-14-4-2-6-16(10-14)24-13-17(19)23/h2,4,6-7,9-10,15H,3,5,8,11-13H2,1H3,(H2,19,23). The summed E-state index contributed by atoms with van der Waals surface area (Å²) >= 11 is 0. The molecule has 1 unspecified atom stereocenters. The highest BCUT2D eigenvalue weighted by Gasteiger charge is 2.24. The third-order valence-electron chi connectivity index (χ3n) is 4.41. The Labute approximate surface area is 142 Å². The van der Waals surface area contributed by atoms with Crippen LogP contribution in [-0.2, 0) is 18.4 Å². The number of carbonyl (C=O) groups is 1. The summed E-state index contributed by atoms with van der Waals surface area (Å²) in [6, 6.07) is 7.86. The molecule has 1 aliphatic heterocycles. The van der Waals surface area contributed by atoms with E-state index in [9.17, 15) is 4.79 Å². The lowest BCUT2D eigenvalue weighted by Gasteiger charge is -2.32. The summed E-state index contributed by atoms with van der Waals surface area (Å²) in [4.78, 5) is 17.8. The summed E-state index contributed by atoms with van der Waals surface area (Å²) in [6.07, 6.45) is 6.24. The first-order valence-corrected chi connectivity index (χ1v) is 8.31. The van der Waals surface area contributed by atoms with E-state index in [2.05, 4.69) is 27.6 Å². The number of amides is 1. The number of nitrogens with two attached hydrogens (primary N) is 1. The van der Waals surface area contributed by atoms with Gasteiger partial charge in [-0.05, 0) is 37.1 Å². The Kier molecular flexibility index (Phi) is 5.15. The van der Waals surface area contributed by atoms with Crippen molar-refractivity contribution in [1.29, 1.82) is 0 Å². The Morgan fingerprint density at radius 1 is 1.46 bits per heavy atom.